The van der Waals surface area contributed by atoms with Gasteiger partial charge in [-0.1, -0.05) is 6.42 Å². The summed E-state index contributed by atoms with van der Waals surface area (Å²) < 4.78 is 5.93. The molecule has 2 aliphatic rings. The Bertz CT molecular complexity index is 455. The molecular weight excluding hydrogens is 276 g/mol. The van der Waals surface area contributed by atoms with Crippen LogP contribution >= 0.6 is 0 Å². The monoisotopic (exact) mass is 304 g/mol. The summed E-state index contributed by atoms with van der Waals surface area (Å²) in [5.41, 5.74) is 7.08. The number of rotatable bonds is 4. The molecule has 1 aromatic rings. The van der Waals surface area contributed by atoms with Crippen LogP contribution in [-0.4, -0.2) is 29.4 Å². The minimum atomic E-state index is -0.321. The Balaban J connectivity index is 1.51. The van der Waals surface area contributed by atoms with Gasteiger partial charge in [0.1, 0.15) is 11.9 Å². The van der Waals surface area contributed by atoms with Crippen molar-refractivity contribution in [2.45, 2.75) is 75.7 Å². The SMILES string of the molecule is NC1CCC(Nc2ccc(O[C@@H]3CCCC[C@H]3O)cc2)CC1. The van der Waals surface area contributed by atoms with Crippen LogP contribution in [0, 0.1) is 0 Å². The maximum atomic E-state index is 9.98. The van der Waals surface area contributed by atoms with Crippen molar-refractivity contribution in [1.29, 1.82) is 0 Å². The summed E-state index contributed by atoms with van der Waals surface area (Å²) in [5, 5.41) is 13.6. The van der Waals surface area contributed by atoms with Gasteiger partial charge in [0.2, 0.25) is 0 Å². The van der Waals surface area contributed by atoms with Crippen LogP contribution in [0.4, 0.5) is 5.69 Å². The molecule has 22 heavy (non-hydrogen) atoms. The van der Waals surface area contributed by atoms with Crippen molar-refractivity contribution < 1.29 is 9.84 Å². The van der Waals surface area contributed by atoms with Gasteiger partial charge in [0.25, 0.3) is 0 Å². The molecule has 2 aliphatic carbocycles. The van der Waals surface area contributed by atoms with Crippen LogP contribution in [0.3, 0.4) is 0 Å². The molecular formula is C18H28N2O2. The van der Waals surface area contributed by atoms with Crippen LogP contribution in [0.2, 0.25) is 0 Å². The predicted octanol–water partition coefficient (Wildman–Crippen LogP) is 3.05. The van der Waals surface area contributed by atoms with Crippen molar-refractivity contribution in [2.24, 2.45) is 5.73 Å². The van der Waals surface area contributed by atoms with Gasteiger partial charge in [-0.2, -0.15) is 0 Å². The molecule has 0 saturated heterocycles. The zero-order chi connectivity index (χ0) is 15.4. The highest BCUT2D eigenvalue weighted by Crippen LogP contribution is 2.26. The first-order valence-electron chi connectivity index (χ1n) is 8.67. The van der Waals surface area contributed by atoms with E-state index in [1.165, 1.54) is 0 Å². The molecule has 1 aromatic carbocycles. The van der Waals surface area contributed by atoms with E-state index in [0.29, 0.717) is 12.1 Å². The fourth-order valence-corrected chi connectivity index (χ4v) is 3.52. The number of hydrogen-bond acceptors (Lipinski definition) is 4. The van der Waals surface area contributed by atoms with E-state index in [1.807, 2.05) is 12.1 Å². The highest BCUT2D eigenvalue weighted by Gasteiger charge is 2.24. The Hall–Kier alpha value is -1.26. The first-order valence-corrected chi connectivity index (χ1v) is 8.67. The summed E-state index contributed by atoms with van der Waals surface area (Å²) in [6, 6.07) is 9.05. The van der Waals surface area contributed by atoms with Gasteiger partial charge in [0, 0.05) is 17.8 Å². The standard InChI is InChI=1S/C18H28N2O2/c19-13-5-7-14(8-6-13)20-15-9-11-16(12-10-15)22-18-4-2-1-3-17(18)21/h9-14,17-18,20-21H,1-8,19H2/t13?,14?,17-,18-/m1/s1. The second-order valence-electron chi connectivity index (χ2n) is 6.79. The molecule has 0 unspecified atom stereocenters. The second kappa shape index (κ2) is 7.34. The molecule has 0 heterocycles. The lowest BCUT2D eigenvalue weighted by Crippen LogP contribution is -2.34. The van der Waals surface area contributed by atoms with Gasteiger partial charge in [-0.3, -0.25) is 0 Å². The van der Waals surface area contributed by atoms with Gasteiger partial charge in [0.05, 0.1) is 6.10 Å². The molecule has 4 nitrogen and oxygen atoms in total. The summed E-state index contributed by atoms with van der Waals surface area (Å²) >= 11 is 0. The van der Waals surface area contributed by atoms with Crippen molar-refractivity contribution >= 4 is 5.69 Å². The van der Waals surface area contributed by atoms with E-state index >= 15 is 0 Å². The number of nitrogens with two attached hydrogens (primary N) is 1. The van der Waals surface area contributed by atoms with E-state index in [2.05, 4.69) is 17.4 Å². The highest BCUT2D eigenvalue weighted by atomic mass is 16.5. The van der Waals surface area contributed by atoms with Crippen LogP contribution in [0.1, 0.15) is 51.4 Å². The van der Waals surface area contributed by atoms with E-state index in [1.54, 1.807) is 0 Å². The quantitative estimate of drug-likeness (QED) is 0.800. The fourth-order valence-electron chi connectivity index (χ4n) is 3.52. The molecule has 4 heteroatoms. The summed E-state index contributed by atoms with van der Waals surface area (Å²) in [6.07, 6.45) is 8.20. The Morgan fingerprint density at radius 3 is 2.32 bits per heavy atom. The average Bonchev–Trinajstić information content (AvgIpc) is 2.54. The average molecular weight is 304 g/mol. The molecule has 4 N–H and O–H groups in total. The normalized spacial score (nSPS) is 32.5. The number of anilines is 1. The molecule has 0 bridgehead atoms. The fraction of sp³-hybridized carbons (Fsp3) is 0.667. The van der Waals surface area contributed by atoms with Gasteiger partial charge in [-0.15, -0.1) is 0 Å². The van der Waals surface area contributed by atoms with Crippen molar-refractivity contribution in [2.75, 3.05) is 5.32 Å². The molecule has 2 atom stereocenters. The molecule has 0 amide bonds. The largest absolute Gasteiger partial charge is 0.488 e. The number of benzene rings is 1. The summed E-state index contributed by atoms with van der Waals surface area (Å²) in [7, 11) is 0. The van der Waals surface area contributed by atoms with E-state index in [9.17, 15) is 5.11 Å². The van der Waals surface area contributed by atoms with Crippen LogP contribution in [0.5, 0.6) is 5.75 Å². The smallest absolute Gasteiger partial charge is 0.124 e. The number of ether oxygens (including phenoxy) is 1. The molecule has 0 radical (unpaired) electrons. The topological polar surface area (TPSA) is 67.5 Å². The van der Waals surface area contributed by atoms with Crippen LogP contribution in [0.25, 0.3) is 0 Å². The molecule has 122 valence electrons. The van der Waals surface area contributed by atoms with Crippen LogP contribution in [-0.2, 0) is 0 Å². The lowest BCUT2D eigenvalue weighted by atomic mass is 9.91. The van der Waals surface area contributed by atoms with Gasteiger partial charge in [-0.05, 0) is 69.2 Å². The maximum absolute atomic E-state index is 9.98. The molecule has 3 rings (SSSR count). The Morgan fingerprint density at radius 2 is 1.64 bits per heavy atom. The number of aliphatic hydroxyl groups excluding tert-OH is 1. The Morgan fingerprint density at radius 1 is 0.955 bits per heavy atom. The summed E-state index contributed by atoms with van der Waals surface area (Å²) in [4.78, 5) is 0. The molecule has 2 fully saturated rings. The lowest BCUT2D eigenvalue weighted by Gasteiger charge is -2.29. The van der Waals surface area contributed by atoms with Gasteiger partial charge in [-0.25, -0.2) is 0 Å². The predicted molar refractivity (Wildman–Crippen MR) is 89.2 cm³/mol. The minimum absolute atomic E-state index is 0.0487. The zero-order valence-corrected chi connectivity index (χ0v) is 13.2. The molecule has 0 aromatic heterocycles. The third-order valence-electron chi connectivity index (χ3n) is 4.95. The van der Waals surface area contributed by atoms with E-state index in [-0.39, 0.29) is 12.2 Å². The maximum Gasteiger partial charge on any atom is 0.124 e. The summed E-state index contributed by atoms with van der Waals surface area (Å²) in [5.74, 6) is 0.849. The van der Waals surface area contributed by atoms with Crippen molar-refractivity contribution in [1.82, 2.24) is 0 Å². The van der Waals surface area contributed by atoms with Crippen molar-refractivity contribution in [3.05, 3.63) is 24.3 Å². The first kappa shape index (κ1) is 15.6. The third kappa shape index (κ3) is 4.14. The van der Waals surface area contributed by atoms with Gasteiger partial charge in [0.15, 0.2) is 0 Å². The van der Waals surface area contributed by atoms with E-state index < -0.39 is 0 Å². The highest BCUT2D eigenvalue weighted by molar-refractivity contribution is 5.47. The molecule has 2 saturated carbocycles. The number of aliphatic hydroxyl groups is 1. The van der Waals surface area contributed by atoms with Crippen molar-refractivity contribution in [3.8, 4) is 5.75 Å². The number of nitrogens with one attached hydrogen (secondary N) is 1. The number of hydrogen-bond donors (Lipinski definition) is 3. The van der Waals surface area contributed by atoms with Crippen LogP contribution in [0.15, 0.2) is 24.3 Å². The van der Waals surface area contributed by atoms with Gasteiger partial charge >= 0.3 is 0 Å². The zero-order valence-electron chi connectivity index (χ0n) is 13.2. The molecule has 0 aliphatic heterocycles. The lowest BCUT2D eigenvalue weighted by molar-refractivity contribution is 0.00688. The van der Waals surface area contributed by atoms with E-state index in [4.69, 9.17) is 10.5 Å². The van der Waals surface area contributed by atoms with Crippen LogP contribution < -0.4 is 15.8 Å². The Labute approximate surface area is 133 Å². The Kier molecular flexibility index (Phi) is 5.21. The minimum Gasteiger partial charge on any atom is -0.488 e. The second-order valence-corrected chi connectivity index (χ2v) is 6.79. The summed E-state index contributed by atoms with van der Waals surface area (Å²) in [6.45, 7) is 0. The molecule has 0 spiro atoms. The van der Waals surface area contributed by atoms with Crippen molar-refractivity contribution in [3.63, 3.8) is 0 Å². The van der Waals surface area contributed by atoms with Gasteiger partial charge < -0.3 is 20.9 Å². The third-order valence-corrected chi connectivity index (χ3v) is 4.95. The van der Waals surface area contributed by atoms with E-state index in [0.717, 1.165) is 62.8 Å². The first-order chi connectivity index (χ1) is 10.7.